The predicted octanol–water partition coefficient (Wildman–Crippen LogP) is 1.61. The average Bonchev–Trinajstić information content (AvgIpc) is 3.15. The third kappa shape index (κ3) is 4.51. The number of carboxylic acids is 1. The maximum atomic E-state index is 12.3. The number of aliphatic carboxylic acids is 1. The molecule has 120 valence electrons. The van der Waals surface area contributed by atoms with Gasteiger partial charge in [-0.05, 0) is 24.7 Å². The maximum Gasteiger partial charge on any atom is 0.327 e. The van der Waals surface area contributed by atoms with Gasteiger partial charge in [0.15, 0.2) is 0 Å². The van der Waals surface area contributed by atoms with Gasteiger partial charge in [0.2, 0.25) is 0 Å². The van der Waals surface area contributed by atoms with Crippen LogP contribution in [0.25, 0.3) is 0 Å². The summed E-state index contributed by atoms with van der Waals surface area (Å²) in [4.78, 5) is 25.1. The van der Waals surface area contributed by atoms with E-state index in [-0.39, 0.29) is 11.4 Å². The first-order valence-corrected chi connectivity index (χ1v) is 8.54. The normalized spacial score (nSPS) is 25.4. The van der Waals surface area contributed by atoms with E-state index in [2.05, 4.69) is 19.2 Å². The fourth-order valence-corrected chi connectivity index (χ4v) is 3.99. The van der Waals surface area contributed by atoms with Crippen LogP contribution in [0.1, 0.15) is 26.7 Å². The standard InChI is InChI=1S/C14H24N2O4S/c1-9(2)7-20-6-5-15-14(19)16-11(13(17)18)8-21-12(16)10-3-4-10/h9-12H,3-8H2,1-2H3,(H,15,19)(H,17,18). The first kappa shape index (κ1) is 16.4. The second-order valence-electron chi connectivity index (χ2n) is 6.02. The number of thioether (sulfide) groups is 1. The van der Waals surface area contributed by atoms with Crippen molar-refractivity contribution in [2.24, 2.45) is 11.8 Å². The lowest BCUT2D eigenvalue weighted by Gasteiger charge is -2.27. The lowest BCUT2D eigenvalue weighted by molar-refractivity contribution is -0.141. The molecule has 2 fully saturated rings. The molecule has 0 spiro atoms. The summed E-state index contributed by atoms with van der Waals surface area (Å²) < 4.78 is 5.41. The Bertz CT molecular complexity index is 387. The molecule has 0 radical (unpaired) electrons. The van der Waals surface area contributed by atoms with Gasteiger partial charge in [-0.15, -0.1) is 11.8 Å². The van der Waals surface area contributed by atoms with Crippen molar-refractivity contribution in [3.63, 3.8) is 0 Å². The molecule has 0 aromatic carbocycles. The Kier molecular flexibility index (Phi) is 5.75. The highest BCUT2D eigenvalue weighted by molar-refractivity contribution is 8.00. The number of carbonyl (C=O) groups is 2. The second-order valence-corrected chi connectivity index (χ2v) is 7.17. The summed E-state index contributed by atoms with van der Waals surface area (Å²) in [5.74, 6) is 0.485. The number of amides is 2. The van der Waals surface area contributed by atoms with E-state index >= 15 is 0 Å². The molecular weight excluding hydrogens is 292 g/mol. The van der Waals surface area contributed by atoms with Gasteiger partial charge in [0, 0.05) is 18.9 Å². The van der Waals surface area contributed by atoms with Crippen molar-refractivity contribution in [2.75, 3.05) is 25.5 Å². The summed E-state index contributed by atoms with van der Waals surface area (Å²) in [5.41, 5.74) is 0. The van der Waals surface area contributed by atoms with Crippen LogP contribution in [0, 0.1) is 11.8 Å². The highest BCUT2D eigenvalue weighted by Gasteiger charge is 2.47. The minimum atomic E-state index is -0.920. The maximum absolute atomic E-state index is 12.3. The monoisotopic (exact) mass is 316 g/mol. The summed E-state index contributed by atoms with van der Waals surface area (Å²) in [6.07, 6.45) is 2.18. The van der Waals surface area contributed by atoms with Crippen LogP contribution in [0.5, 0.6) is 0 Å². The summed E-state index contributed by atoms with van der Waals surface area (Å²) >= 11 is 1.59. The molecule has 1 aliphatic heterocycles. The molecule has 1 heterocycles. The Hall–Kier alpha value is -0.950. The predicted molar refractivity (Wildman–Crippen MR) is 81.3 cm³/mol. The number of carboxylic acid groups (broad SMARTS) is 1. The second kappa shape index (κ2) is 7.35. The van der Waals surface area contributed by atoms with Gasteiger partial charge in [-0.3, -0.25) is 4.90 Å². The molecule has 2 N–H and O–H groups in total. The first-order valence-electron chi connectivity index (χ1n) is 7.49. The molecular formula is C14H24N2O4S. The van der Waals surface area contributed by atoms with E-state index in [1.54, 1.807) is 11.8 Å². The number of rotatable bonds is 7. The van der Waals surface area contributed by atoms with Gasteiger partial charge >= 0.3 is 12.0 Å². The van der Waals surface area contributed by atoms with Crippen LogP contribution in [0.2, 0.25) is 0 Å². The van der Waals surface area contributed by atoms with Gasteiger partial charge in [-0.2, -0.15) is 0 Å². The quantitative estimate of drug-likeness (QED) is 0.698. The molecule has 21 heavy (non-hydrogen) atoms. The van der Waals surface area contributed by atoms with Crippen molar-refractivity contribution >= 4 is 23.8 Å². The fraction of sp³-hybridized carbons (Fsp3) is 0.857. The number of hydrogen-bond acceptors (Lipinski definition) is 4. The molecule has 7 heteroatoms. The fourth-order valence-electron chi connectivity index (χ4n) is 2.36. The molecule has 2 rings (SSSR count). The van der Waals surface area contributed by atoms with Crippen LogP contribution in [-0.2, 0) is 9.53 Å². The summed E-state index contributed by atoms with van der Waals surface area (Å²) in [6.45, 7) is 5.67. The van der Waals surface area contributed by atoms with Crippen LogP contribution in [0.3, 0.4) is 0 Å². The number of carbonyl (C=O) groups excluding carboxylic acids is 1. The molecule has 1 saturated carbocycles. The Balaban J connectivity index is 1.81. The smallest absolute Gasteiger partial charge is 0.327 e. The number of nitrogens with one attached hydrogen (secondary N) is 1. The van der Waals surface area contributed by atoms with E-state index in [0.717, 1.165) is 12.8 Å². The SMILES string of the molecule is CC(C)COCCNC(=O)N1C(C(=O)O)CSC1C1CC1. The lowest BCUT2D eigenvalue weighted by atomic mass is 10.2. The van der Waals surface area contributed by atoms with E-state index in [0.29, 0.717) is 37.3 Å². The zero-order valence-electron chi connectivity index (χ0n) is 12.6. The summed E-state index contributed by atoms with van der Waals surface area (Å²) in [7, 11) is 0. The number of urea groups is 1. The topological polar surface area (TPSA) is 78.9 Å². The van der Waals surface area contributed by atoms with Crippen molar-refractivity contribution in [3.8, 4) is 0 Å². The summed E-state index contributed by atoms with van der Waals surface area (Å²) in [5, 5.41) is 12.1. The van der Waals surface area contributed by atoms with E-state index in [1.165, 1.54) is 4.90 Å². The molecule has 2 amide bonds. The summed E-state index contributed by atoms with van der Waals surface area (Å²) in [6, 6.07) is -0.991. The zero-order chi connectivity index (χ0) is 15.4. The van der Waals surface area contributed by atoms with Crippen molar-refractivity contribution in [3.05, 3.63) is 0 Å². The van der Waals surface area contributed by atoms with Gasteiger partial charge in [-0.1, -0.05) is 13.8 Å². The van der Waals surface area contributed by atoms with Gasteiger partial charge in [0.25, 0.3) is 0 Å². The Labute approximate surface area is 129 Å². The number of hydrogen-bond donors (Lipinski definition) is 2. The highest BCUT2D eigenvalue weighted by Crippen LogP contribution is 2.45. The van der Waals surface area contributed by atoms with Crippen molar-refractivity contribution in [1.29, 1.82) is 0 Å². The molecule has 6 nitrogen and oxygen atoms in total. The molecule has 2 aliphatic rings. The number of nitrogens with zero attached hydrogens (tertiary/aromatic N) is 1. The van der Waals surface area contributed by atoms with Crippen LogP contribution < -0.4 is 5.32 Å². The molecule has 0 aromatic rings. The molecule has 0 bridgehead atoms. The van der Waals surface area contributed by atoms with E-state index in [9.17, 15) is 14.7 Å². The molecule has 0 aromatic heterocycles. The van der Waals surface area contributed by atoms with Crippen LogP contribution in [0.15, 0.2) is 0 Å². The highest BCUT2D eigenvalue weighted by atomic mass is 32.2. The lowest BCUT2D eigenvalue weighted by Crippen LogP contribution is -2.51. The van der Waals surface area contributed by atoms with Crippen LogP contribution >= 0.6 is 11.8 Å². The average molecular weight is 316 g/mol. The molecule has 1 aliphatic carbocycles. The third-order valence-corrected chi connectivity index (χ3v) is 5.02. The Morgan fingerprint density at radius 1 is 1.43 bits per heavy atom. The Morgan fingerprint density at radius 3 is 2.71 bits per heavy atom. The van der Waals surface area contributed by atoms with Gasteiger partial charge < -0.3 is 15.2 Å². The van der Waals surface area contributed by atoms with Crippen molar-refractivity contribution in [1.82, 2.24) is 10.2 Å². The largest absolute Gasteiger partial charge is 0.480 e. The van der Waals surface area contributed by atoms with Crippen LogP contribution in [-0.4, -0.2) is 58.9 Å². The minimum absolute atomic E-state index is 0.0164. The third-order valence-electron chi connectivity index (χ3n) is 3.55. The minimum Gasteiger partial charge on any atom is -0.480 e. The van der Waals surface area contributed by atoms with Gasteiger partial charge in [-0.25, -0.2) is 9.59 Å². The van der Waals surface area contributed by atoms with Crippen LogP contribution in [0.4, 0.5) is 4.79 Å². The Morgan fingerprint density at radius 2 is 2.14 bits per heavy atom. The van der Waals surface area contributed by atoms with E-state index in [4.69, 9.17) is 4.74 Å². The van der Waals surface area contributed by atoms with Crippen molar-refractivity contribution in [2.45, 2.75) is 38.1 Å². The van der Waals surface area contributed by atoms with E-state index in [1.807, 2.05) is 0 Å². The zero-order valence-corrected chi connectivity index (χ0v) is 13.4. The van der Waals surface area contributed by atoms with Gasteiger partial charge in [0.1, 0.15) is 6.04 Å². The molecule has 1 saturated heterocycles. The van der Waals surface area contributed by atoms with Gasteiger partial charge in [0.05, 0.1) is 12.0 Å². The molecule has 2 atom stereocenters. The van der Waals surface area contributed by atoms with E-state index < -0.39 is 12.0 Å². The first-order chi connectivity index (χ1) is 10.0. The number of ether oxygens (including phenoxy) is 1. The molecule has 2 unspecified atom stereocenters. The van der Waals surface area contributed by atoms with Crippen molar-refractivity contribution < 1.29 is 19.4 Å².